The minimum atomic E-state index is -1.93. The van der Waals surface area contributed by atoms with Crippen LogP contribution in [0.4, 0.5) is 5.69 Å². The van der Waals surface area contributed by atoms with E-state index in [1.807, 2.05) is 6.07 Å². The number of carbonyl (C=O) groups is 3. The lowest BCUT2D eigenvalue weighted by molar-refractivity contribution is 0.0726. The van der Waals surface area contributed by atoms with Gasteiger partial charge in [0, 0.05) is 27.4 Å². The highest BCUT2D eigenvalue weighted by molar-refractivity contribution is 6.35. The Morgan fingerprint density at radius 1 is 0.786 bits per heavy atom. The van der Waals surface area contributed by atoms with Gasteiger partial charge < -0.3 is 10.6 Å². The lowest BCUT2D eigenvalue weighted by atomic mass is 10.0. The average molecular weight is 391 g/mol. The number of halogens is 1. The maximum atomic E-state index is 13.2. The molecule has 0 bridgehead atoms. The van der Waals surface area contributed by atoms with Gasteiger partial charge in [0.25, 0.3) is 5.91 Å². The molecule has 0 heterocycles. The molecule has 0 atom stereocenters. The Bertz CT molecular complexity index is 1060. The van der Waals surface area contributed by atoms with E-state index < -0.39 is 23.1 Å². The highest BCUT2D eigenvalue weighted by atomic mass is 35.5. The number of amides is 1. The number of ketones is 2. The van der Waals surface area contributed by atoms with Crippen LogP contribution in [0.15, 0.2) is 78.9 Å². The van der Waals surface area contributed by atoms with E-state index >= 15 is 0 Å². The highest BCUT2D eigenvalue weighted by Gasteiger charge is 2.54. The minimum Gasteiger partial charge on any atom is -0.350 e. The number of para-hydroxylation sites is 1. The number of hydrogen-bond donors (Lipinski definition) is 2. The van der Waals surface area contributed by atoms with Crippen LogP contribution in [0.2, 0.25) is 5.02 Å². The minimum absolute atomic E-state index is 0.248. The van der Waals surface area contributed by atoms with Crippen molar-refractivity contribution in [1.82, 2.24) is 5.32 Å². The van der Waals surface area contributed by atoms with Crippen molar-refractivity contribution in [3.05, 3.63) is 101 Å². The summed E-state index contributed by atoms with van der Waals surface area (Å²) in [6.45, 7) is 0. The largest absolute Gasteiger partial charge is 0.350 e. The first-order valence-corrected chi connectivity index (χ1v) is 8.99. The van der Waals surface area contributed by atoms with Crippen LogP contribution in [-0.2, 0) is 0 Å². The molecular formula is C22H15ClN2O3. The normalized spacial score (nSPS) is 14.5. The van der Waals surface area contributed by atoms with Gasteiger partial charge in [-0.05, 0) is 30.3 Å². The first kappa shape index (κ1) is 17.9. The quantitative estimate of drug-likeness (QED) is 0.522. The fraction of sp³-hybridized carbons (Fsp3) is 0.0455. The lowest BCUT2D eigenvalue weighted by Gasteiger charge is -2.29. The third-order valence-corrected chi connectivity index (χ3v) is 4.83. The van der Waals surface area contributed by atoms with Gasteiger partial charge in [0.1, 0.15) is 0 Å². The molecule has 0 saturated heterocycles. The van der Waals surface area contributed by atoms with Crippen LogP contribution in [0.5, 0.6) is 0 Å². The summed E-state index contributed by atoms with van der Waals surface area (Å²) >= 11 is 5.97. The van der Waals surface area contributed by atoms with Gasteiger partial charge in [0.05, 0.1) is 0 Å². The third kappa shape index (κ3) is 2.96. The Balaban J connectivity index is 1.78. The number of carbonyl (C=O) groups excluding carboxylic acids is 3. The summed E-state index contributed by atoms with van der Waals surface area (Å²) < 4.78 is 0. The van der Waals surface area contributed by atoms with Gasteiger partial charge in [-0.25, -0.2) is 0 Å². The van der Waals surface area contributed by atoms with Crippen LogP contribution in [-0.4, -0.2) is 23.1 Å². The second-order valence-corrected chi connectivity index (χ2v) is 6.85. The molecule has 0 aliphatic heterocycles. The van der Waals surface area contributed by atoms with E-state index in [9.17, 15) is 14.4 Å². The van der Waals surface area contributed by atoms with Gasteiger partial charge in [0.2, 0.25) is 17.2 Å². The summed E-state index contributed by atoms with van der Waals surface area (Å²) in [6, 6.07) is 21.6. The number of hydrogen-bond acceptors (Lipinski definition) is 4. The van der Waals surface area contributed by atoms with E-state index in [0.29, 0.717) is 10.7 Å². The molecule has 0 unspecified atom stereocenters. The standard InChI is InChI=1S/C22H15ClN2O3/c23-15-8-6-7-14(13-15)21(28)25-22(24-16-9-2-1-3-10-16)19(26)17-11-4-5-12-18(17)20(22)27/h1-13,24H,(H,25,28). The molecule has 6 heteroatoms. The predicted molar refractivity (Wildman–Crippen MR) is 107 cm³/mol. The molecule has 2 N–H and O–H groups in total. The first-order chi connectivity index (χ1) is 13.5. The monoisotopic (exact) mass is 390 g/mol. The summed E-state index contributed by atoms with van der Waals surface area (Å²) in [7, 11) is 0. The van der Waals surface area contributed by atoms with Crippen molar-refractivity contribution in [2.24, 2.45) is 0 Å². The molecule has 4 rings (SSSR count). The zero-order valence-corrected chi connectivity index (χ0v) is 15.4. The van der Waals surface area contributed by atoms with Crippen LogP contribution < -0.4 is 10.6 Å². The number of Topliss-reactive ketones (excluding diaryl/α,β-unsaturated/α-hetero) is 2. The number of anilines is 1. The van der Waals surface area contributed by atoms with Crippen LogP contribution in [0, 0.1) is 0 Å². The lowest BCUT2D eigenvalue weighted by Crippen LogP contribution is -2.62. The summed E-state index contributed by atoms with van der Waals surface area (Å²) in [5, 5.41) is 5.95. The molecule has 28 heavy (non-hydrogen) atoms. The molecule has 5 nitrogen and oxygen atoms in total. The van der Waals surface area contributed by atoms with Crippen molar-refractivity contribution >= 4 is 34.8 Å². The zero-order valence-electron chi connectivity index (χ0n) is 14.6. The van der Waals surface area contributed by atoms with Crippen molar-refractivity contribution in [2.75, 3.05) is 5.32 Å². The second kappa shape index (κ2) is 6.94. The van der Waals surface area contributed by atoms with Crippen LogP contribution >= 0.6 is 11.6 Å². The van der Waals surface area contributed by atoms with Crippen molar-refractivity contribution < 1.29 is 14.4 Å². The maximum absolute atomic E-state index is 13.2. The van der Waals surface area contributed by atoms with E-state index in [2.05, 4.69) is 10.6 Å². The molecule has 0 aromatic heterocycles. The molecule has 0 saturated carbocycles. The van der Waals surface area contributed by atoms with E-state index in [-0.39, 0.29) is 16.7 Å². The summed E-state index contributed by atoms with van der Waals surface area (Å²) in [5.41, 5.74) is -0.615. The SMILES string of the molecule is O=C(NC1(Nc2ccccc2)C(=O)c2ccccc2C1=O)c1cccc(Cl)c1. The van der Waals surface area contributed by atoms with E-state index in [4.69, 9.17) is 11.6 Å². The molecular weight excluding hydrogens is 376 g/mol. The van der Waals surface area contributed by atoms with Crippen molar-refractivity contribution in [1.29, 1.82) is 0 Å². The first-order valence-electron chi connectivity index (χ1n) is 8.61. The van der Waals surface area contributed by atoms with Gasteiger partial charge in [0.15, 0.2) is 0 Å². The number of benzene rings is 3. The Hall–Kier alpha value is -3.44. The van der Waals surface area contributed by atoms with Crippen molar-refractivity contribution in [3.63, 3.8) is 0 Å². The van der Waals surface area contributed by atoms with Crippen molar-refractivity contribution in [2.45, 2.75) is 5.66 Å². The van der Waals surface area contributed by atoms with E-state index in [1.165, 1.54) is 6.07 Å². The summed E-state index contributed by atoms with van der Waals surface area (Å²) in [4.78, 5) is 39.4. The van der Waals surface area contributed by atoms with Gasteiger partial charge in [-0.2, -0.15) is 0 Å². The number of fused-ring (bicyclic) bond motifs is 1. The Labute approximate surface area is 166 Å². The smallest absolute Gasteiger partial charge is 0.253 e. The second-order valence-electron chi connectivity index (χ2n) is 6.41. The fourth-order valence-corrected chi connectivity index (χ4v) is 3.45. The maximum Gasteiger partial charge on any atom is 0.253 e. The van der Waals surface area contributed by atoms with Gasteiger partial charge in [-0.3, -0.25) is 14.4 Å². The Morgan fingerprint density at radius 2 is 1.39 bits per heavy atom. The molecule has 1 aliphatic rings. The van der Waals surface area contributed by atoms with Gasteiger partial charge >= 0.3 is 0 Å². The number of rotatable bonds is 4. The Kier molecular flexibility index (Phi) is 4.45. The third-order valence-electron chi connectivity index (χ3n) is 4.59. The molecule has 0 fully saturated rings. The van der Waals surface area contributed by atoms with Gasteiger partial charge in [-0.15, -0.1) is 0 Å². The number of nitrogens with one attached hydrogen (secondary N) is 2. The van der Waals surface area contributed by atoms with E-state index in [1.54, 1.807) is 66.7 Å². The molecule has 3 aromatic rings. The van der Waals surface area contributed by atoms with Crippen LogP contribution in [0.25, 0.3) is 0 Å². The Morgan fingerprint density at radius 3 is 2.00 bits per heavy atom. The zero-order chi connectivity index (χ0) is 19.7. The van der Waals surface area contributed by atoms with E-state index in [0.717, 1.165) is 0 Å². The molecule has 3 aromatic carbocycles. The average Bonchev–Trinajstić information content (AvgIpc) is 2.91. The predicted octanol–water partition coefficient (Wildman–Crippen LogP) is 3.96. The summed E-state index contributed by atoms with van der Waals surface area (Å²) in [5.74, 6) is -1.60. The van der Waals surface area contributed by atoms with Crippen LogP contribution in [0.3, 0.4) is 0 Å². The van der Waals surface area contributed by atoms with Crippen molar-refractivity contribution in [3.8, 4) is 0 Å². The molecule has 1 aliphatic carbocycles. The molecule has 0 radical (unpaired) electrons. The van der Waals surface area contributed by atoms with Crippen LogP contribution in [0.1, 0.15) is 31.1 Å². The molecule has 1 amide bonds. The fourth-order valence-electron chi connectivity index (χ4n) is 3.25. The van der Waals surface area contributed by atoms with Gasteiger partial charge in [-0.1, -0.05) is 60.1 Å². The topological polar surface area (TPSA) is 75.3 Å². The molecule has 138 valence electrons. The summed E-state index contributed by atoms with van der Waals surface area (Å²) in [6.07, 6.45) is 0. The molecule has 0 spiro atoms. The highest BCUT2D eigenvalue weighted by Crippen LogP contribution is 2.31.